The van der Waals surface area contributed by atoms with E-state index in [1.165, 1.54) is 77.5 Å². The van der Waals surface area contributed by atoms with Crippen molar-refractivity contribution >= 4 is 174 Å². The number of aromatic nitrogens is 34. The Morgan fingerprint density at radius 1 is 0.333 bits per heavy atom. The van der Waals surface area contributed by atoms with Crippen LogP contribution in [0.2, 0.25) is 0 Å². The van der Waals surface area contributed by atoms with Gasteiger partial charge < -0.3 is 72.0 Å². The van der Waals surface area contributed by atoms with Gasteiger partial charge in [0.15, 0.2) is 44.6 Å². The molecule has 132 heavy (non-hydrogen) atoms. The molecule has 0 spiro atoms. The van der Waals surface area contributed by atoms with Crippen molar-refractivity contribution < 1.29 is 4.74 Å². The van der Waals surface area contributed by atoms with E-state index >= 15 is 0 Å². The molecule has 23 aromatic rings. The molecule has 0 fully saturated rings. The number of nitrogen functional groups attached to an aromatic ring is 9. The summed E-state index contributed by atoms with van der Waals surface area (Å²) in [5.41, 5.74) is 79.4. The first-order valence-corrected chi connectivity index (χ1v) is 41.7. The van der Waals surface area contributed by atoms with E-state index in [4.69, 9.17) is 62.1 Å². The van der Waals surface area contributed by atoms with Crippen LogP contribution in [0.3, 0.4) is 0 Å². The van der Waals surface area contributed by atoms with Gasteiger partial charge in [-0.15, -0.1) is 22.7 Å². The summed E-state index contributed by atoms with van der Waals surface area (Å²) in [6.07, 6.45) is 20.7. The number of nitrogens with zero attached hydrogens (tertiary/aromatic N) is 32. The van der Waals surface area contributed by atoms with E-state index < -0.39 is 0 Å². The van der Waals surface area contributed by atoms with Crippen LogP contribution in [0.15, 0.2) is 166 Å². The molecule has 0 saturated heterocycles. The number of thiophene rings is 2. The summed E-state index contributed by atoms with van der Waals surface area (Å²) < 4.78 is 17.1. The van der Waals surface area contributed by atoms with Crippen LogP contribution in [-0.4, -0.2) is 175 Å². The number of hydrogen-bond acceptors (Lipinski definition) is 38. The fourth-order valence-electron chi connectivity index (χ4n) is 14.8. The summed E-state index contributed by atoms with van der Waals surface area (Å²) in [5.74, 6) is 3.92. The quantitative estimate of drug-likeness (QED) is 0.0598. The zero-order valence-electron chi connectivity index (χ0n) is 72.6. The molecule has 0 aliphatic heterocycles. The molecule has 0 aliphatic carbocycles. The summed E-state index contributed by atoms with van der Waals surface area (Å²) in [7, 11) is 14.5. The lowest BCUT2D eigenvalue weighted by Gasteiger charge is -2.01. The monoisotopic (exact) mass is 1800 g/mol. The SMILES string of the molecule is COc1cc(-c2nn(C)c3ncnc(N)c23)cs1.Cc1c[nH]c2cc(-c3nn(C)c4ncnc(N)c34)ccc12.Cc1c[nH]c2ccc(-c3nn(C)c4ncnc(N)c34)cc12.Cc1ncc(-c2nn(C)c3ncnc(N)c23)cn1.Cn1nc(-c2ccc(CN)s2)c2c(N)ncnc21.Cn1nc(-c2cccc(N)c2)c2c(N)ncnc21.Cn1nc(-c2cnc(N)nc2)c2c(N)ncnc21. The number of nitrogens with two attached hydrogens (primary N) is 10. The number of rotatable bonds is 9. The summed E-state index contributed by atoms with van der Waals surface area (Å²) in [4.78, 5) is 82.5. The van der Waals surface area contributed by atoms with Crippen LogP contribution in [0.4, 0.5) is 52.4 Å². The van der Waals surface area contributed by atoms with E-state index in [1.54, 1.807) is 83.1 Å². The van der Waals surface area contributed by atoms with Crippen LogP contribution in [0, 0.1) is 20.8 Å². The van der Waals surface area contributed by atoms with Crippen molar-refractivity contribution in [1.29, 1.82) is 0 Å². The van der Waals surface area contributed by atoms with Gasteiger partial charge in [0.25, 0.3) is 0 Å². The molecule has 0 amide bonds. The van der Waals surface area contributed by atoms with Crippen molar-refractivity contribution in [2.24, 2.45) is 55.1 Å². The van der Waals surface area contributed by atoms with Gasteiger partial charge in [0.2, 0.25) is 5.95 Å². The van der Waals surface area contributed by atoms with E-state index in [0.717, 1.165) is 143 Å². The highest BCUT2D eigenvalue weighted by Gasteiger charge is 2.24. The third-order valence-electron chi connectivity index (χ3n) is 21.2. The first kappa shape index (κ1) is 86.2. The topological polar surface area (TPSA) is 658 Å². The average molecular weight is 1800 g/mol. The molecule has 45 nitrogen and oxygen atoms in total. The molecule has 0 unspecified atom stereocenters. The second kappa shape index (κ2) is 35.9. The number of aromatic amines is 2. The molecule has 0 bridgehead atoms. The fraction of sp³-hybridized carbons (Fsp3) is 0.141. The molecule has 662 valence electrons. The van der Waals surface area contributed by atoms with Gasteiger partial charge in [-0.3, -0.25) is 0 Å². The Morgan fingerprint density at radius 3 is 1.07 bits per heavy atom. The van der Waals surface area contributed by atoms with Crippen LogP contribution in [0.5, 0.6) is 5.06 Å². The third kappa shape index (κ3) is 16.7. The summed E-state index contributed by atoms with van der Waals surface area (Å²) in [6, 6.07) is 25.9. The van der Waals surface area contributed by atoms with E-state index in [9.17, 15) is 0 Å². The Balaban J connectivity index is 0.000000108. The van der Waals surface area contributed by atoms with Gasteiger partial charge >= 0.3 is 0 Å². The number of nitrogens with one attached hydrogen (secondary N) is 2. The van der Waals surface area contributed by atoms with Crippen molar-refractivity contribution in [3.05, 3.63) is 188 Å². The van der Waals surface area contributed by atoms with E-state index in [-0.39, 0.29) is 5.95 Å². The Morgan fingerprint density at radius 2 is 0.682 bits per heavy atom. The highest BCUT2D eigenvalue weighted by molar-refractivity contribution is 7.15. The summed E-state index contributed by atoms with van der Waals surface area (Å²) in [6.45, 7) is 6.52. The maximum Gasteiger partial charge on any atom is 0.219 e. The second-order valence-corrected chi connectivity index (χ2v) is 31.8. The molecule has 22 N–H and O–H groups in total. The lowest BCUT2D eigenvalue weighted by Crippen LogP contribution is -1.95. The first-order chi connectivity index (χ1) is 63.7. The van der Waals surface area contributed by atoms with Crippen LogP contribution < -0.4 is 62.1 Å². The van der Waals surface area contributed by atoms with E-state index in [1.807, 2.05) is 116 Å². The minimum atomic E-state index is 0.211. The molecule has 47 heteroatoms. The molecular formula is C85H84N44OS2. The predicted octanol–water partition coefficient (Wildman–Crippen LogP) is 9.51. The number of H-pyrrole nitrogens is 2. The number of ether oxygens (including phenoxy) is 1. The standard InChI is InChI=1S/2C15H14N6.C12H12N6.C11H11N7.C11H12N6S.C11H11N5OS.C10H10N8/c1-8-6-17-11-4-3-9(5-10(8)11)13-12-14(16)18-7-19-15(12)21(2)20-13;1-8-6-17-11-5-9(3-4-10(8)11)13-12-14(16)18-7-19-15(12)21(2)20-13;1-18-12-9(11(14)15-6-16-12)10(17-18)7-3-2-4-8(13)5-7;1-6-13-3-7(4-14-6)9-8-10(12)15-5-16-11(8)18(2)17-9;1-17-11-8(10(13)14-5-15-11)9(16-17)7-3-2-6(4-12)18-7;1-16-11-8(10(12)13-5-14-11)9(15-16)6-3-7(17-2)18-4-6;1-18-9-6(8(11)15-4-16-9)7(17-18)5-2-13-10(12)14-3-5/h2*3-7,17H,1-2H3,(H2,16,18,19);2-6H,13H2,1H3,(H2,14,15,16);3-5H,1-2H3,(H2,12,15,16);2-3,5H,4,12H2,1H3,(H2,13,14,15);3-5H,1-2H3,(H2,12,13,14);2-4H,1H3,(H2,11,15,16)(H2,12,13,14). The van der Waals surface area contributed by atoms with Crippen molar-refractivity contribution in [3.63, 3.8) is 0 Å². The molecule has 20 heterocycles. The molecule has 23 rings (SSSR count). The van der Waals surface area contributed by atoms with Gasteiger partial charge in [-0.1, -0.05) is 30.3 Å². The molecule has 20 aromatic heterocycles. The number of anilines is 9. The Bertz CT molecular complexity index is 7970. The maximum atomic E-state index is 6.02. The van der Waals surface area contributed by atoms with E-state index in [2.05, 4.69) is 180 Å². The second-order valence-electron chi connectivity index (χ2n) is 29.8. The Hall–Kier alpha value is -17.9. The van der Waals surface area contributed by atoms with Gasteiger partial charge in [-0.05, 0) is 74.4 Å². The van der Waals surface area contributed by atoms with Gasteiger partial charge in [0.05, 0.1) is 49.7 Å². The number of methoxy groups -OCH3 is 1. The number of fused-ring (bicyclic) bond motifs is 9. The molecule has 3 aromatic carbocycles. The molecule has 0 aliphatic rings. The van der Waals surface area contributed by atoms with Crippen molar-refractivity contribution in [2.45, 2.75) is 27.3 Å². The highest BCUT2D eigenvalue weighted by Crippen LogP contribution is 2.40. The zero-order valence-corrected chi connectivity index (χ0v) is 74.2. The Labute approximate surface area is 754 Å². The average Bonchev–Trinajstić information content (AvgIpc) is 1.59. The van der Waals surface area contributed by atoms with E-state index in [0.29, 0.717) is 92.5 Å². The minimum absolute atomic E-state index is 0.211. The van der Waals surface area contributed by atoms with Crippen molar-refractivity contribution in [3.8, 4) is 83.2 Å². The third-order valence-corrected chi connectivity index (χ3v) is 23.2. The summed E-state index contributed by atoms with van der Waals surface area (Å²) >= 11 is 3.13. The van der Waals surface area contributed by atoms with Gasteiger partial charge in [-0.25, -0.2) is 122 Å². The van der Waals surface area contributed by atoms with Crippen LogP contribution in [0.25, 0.3) is 177 Å². The predicted molar refractivity (Wildman–Crippen MR) is 511 cm³/mol. The summed E-state index contributed by atoms with van der Waals surface area (Å²) in [5, 5.41) is 41.8. The van der Waals surface area contributed by atoms with Gasteiger partial charge in [0, 0.05) is 170 Å². The largest absolute Gasteiger partial charge is 0.487 e. The lowest BCUT2D eigenvalue weighted by molar-refractivity contribution is 0.427. The van der Waals surface area contributed by atoms with Crippen LogP contribution in [-0.2, 0) is 55.9 Å². The lowest BCUT2D eigenvalue weighted by atomic mass is 10.1. The van der Waals surface area contributed by atoms with Crippen LogP contribution in [0.1, 0.15) is 21.8 Å². The highest BCUT2D eigenvalue weighted by atomic mass is 32.1. The number of hydrogen-bond donors (Lipinski definition) is 12. The molecule has 0 atom stereocenters. The number of benzene rings is 3. The number of aryl methyl sites for hydroxylation is 10. The maximum absolute atomic E-state index is 6.02. The first-order valence-electron chi connectivity index (χ1n) is 40.0. The van der Waals surface area contributed by atoms with Gasteiger partial charge in [-0.2, -0.15) is 35.7 Å². The van der Waals surface area contributed by atoms with Gasteiger partial charge in [0.1, 0.15) is 131 Å². The van der Waals surface area contributed by atoms with Crippen molar-refractivity contribution in [2.75, 3.05) is 58.7 Å². The smallest absolute Gasteiger partial charge is 0.219 e. The molecule has 0 radical (unpaired) electrons. The molecule has 0 saturated carbocycles. The zero-order chi connectivity index (χ0) is 92.6. The normalized spacial score (nSPS) is 11.2. The fourth-order valence-corrected chi connectivity index (χ4v) is 16.4. The van der Waals surface area contributed by atoms with Crippen molar-refractivity contribution in [1.82, 2.24) is 168 Å². The van der Waals surface area contributed by atoms with Crippen LogP contribution >= 0.6 is 22.7 Å². The molecular weight excluding hydrogens is 1720 g/mol. The Kier molecular flexibility index (Phi) is 23.4. The minimum Gasteiger partial charge on any atom is -0.487 e.